The summed E-state index contributed by atoms with van der Waals surface area (Å²) in [6, 6.07) is 10.8. The third-order valence-electron chi connectivity index (χ3n) is 4.37. The summed E-state index contributed by atoms with van der Waals surface area (Å²) in [6.45, 7) is 4.83. The number of carbonyl (C=O) groups is 2. The van der Waals surface area contributed by atoms with Gasteiger partial charge in [-0.15, -0.1) is 0 Å². The molecular weight excluding hydrogens is 434 g/mol. The van der Waals surface area contributed by atoms with Gasteiger partial charge in [-0.3, -0.25) is 4.79 Å². The van der Waals surface area contributed by atoms with Crippen LogP contribution in [0.2, 0.25) is 5.02 Å². The highest BCUT2D eigenvalue weighted by Crippen LogP contribution is 2.36. The van der Waals surface area contributed by atoms with Crippen molar-refractivity contribution >= 4 is 29.6 Å². The second-order valence-electron chi connectivity index (χ2n) is 6.73. The van der Waals surface area contributed by atoms with Crippen LogP contribution in [0.3, 0.4) is 0 Å². The van der Waals surface area contributed by atoms with Crippen LogP contribution in [0.1, 0.15) is 25.0 Å². The van der Waals surface area contributed by atoms with Crippen molar-refractivity contribution in [2.45, 2.75) is 20.4 Å². The molecule has 8 heteroatoms. The van der Waals surface area contributed by atoms with Crippen molar-refractivity contribution in [1.82, 2.24) is 4.90 Å². The lowest BCUT2D eigenvalue weighted by molar-refractivity contribution is -0.147. The molecule has 2 aromatic carbocycles. The van der Waals surface area contributed by atoms with E-state index in [4.69, 9.17) is 30.5 Å². The highest BCUT2D eigenvalue weighted by Gasteiger charge is 2.13. The minimum atomic E-state index is -0.641. The summed E-state index contributed by atoms with van der Waals surface area (Å²) in [5.74, 6) is 0.720. The van der Waals surface area contributed by atoms with E-state index in [1.165, 1.54) is 24.2 Å². The quantitative estimate of drug-likeness (QED) is 0.365. The molecule has 172 valence electrons. The number of halogens is 1. The first-order valence-corrected chi connectivity index (χ1v) is 10.6. The molecule has 1 amide bonds. The molecule has 0 aromatic heterocycles. The third kappa shape index (κ3) is 7.50. The maximum absolute atomic E-state index is 12.3. The van der Waals surface area contributed by atoms with Gasteiger partial charge in [0.25, 0.3) is 5.91 Å². The molecule has 0 saturated carbocycles. The van der Waals surface area contributed by atoms with Crippen molar-refractivity contribution < 1.29 is 28.5 Å². The number of methoxy groups -OCH3 is 1. The van der Waals surface area contributed by atoms with E-state index >= 15 is 0 Å². The lowest BCUT2D eigenvalue weighted by Gasteiger charge is -2.17. The van der Waals surface area contributed by atoms with Crippen molar-refractivity contribution in [3.63, 3.8) is 0 Å². The summed E-state index contributed by atoms with van der Waals surface area (Å²) in [5.41, 5.74) is 1.58. The maximum atomic E-state index is 12.3. The summed E-state index contributed by atoms with van der Waals surface area (Å²) in [4.78, 5) is 25.8. The number of carbonyl (C=O) groups excluding carboxylic acids is 2. The molecule has 0 spiro atoms. The van der Waals surface area contributed by atoms with Crippen LogP contribution >= 0.6 is 11.6 Å². The molecule has 2 aromatic rings. The Balaban J connectivity index is 1.88. The molecular formula is C24H28ClNO6. The Labute approximate surface area is 193 Å². The van der Waals surface area contributed by atoms with Crippen LogP contribution in [-0.2, 0) is 20.9 Å². The Morgan fingerprint density at radius 3 is 2.38 bits per heavy atom. The van der Waals surface area contributed by atoms with Gasteiger partial charge in [0.05, 0.1) is 25.3 Å². The fourth-order valence-electron chi connectivity index (χ4n) is 2.82. The number of amides is 1. The van der Waals surface area contributed by atoms with Crippen LogP contribution in [0.15, 0.2) is 42.5 Å². The van der Waals surface area contributed by atoms with E-state index in [0.717, 1.165) is 11.3 Å². The molecule has 0 radical (unpaired) electrons. The van der Waals surface area contributed by atoms with Gasteiger partial charge in [-0.25, -0.2) is 4.79 Å². The highest BCUT2D eigenvalue weighted by atomic mass is 35.5. The fourth-order valence-corrected chi connectivity index (χ4v) is 3.12. The zero-order valence-electron chi connectivity index (χ0n) is 18.7. The number of esters is 1. The molecule has 2 rings (SSSR count). The first-order valence-electron chi connectivity index (χ1n) is 10.2. The minimum Gasteiger partial charge on any atom is -0.494 e. The standard InChI is InChI=1S/C24H28ClNO6/c1-5-30-19-10-7-17(8-11-19)15-26(3)22(27)16-32-23(28)12-9-18-13-20(25)24(29-4)21(14-18)31-6-2/h7-14H,5-6,15-16H2,1-4H3/b12-9+. The van der Waals surface area contributed by atoms with Gasteiger partial charge in [0, 0.05) is 19.7 Å². The van der Waals surface area contributed by atoms with E-state index in [9.17, 15) is 9.59 Å². The van der Waals surface area contributed by atoms with E-state index in [2.05, 4.69) is 0 Å². The van der Waals surface area contributed by atoms with Crippen LogP contribution < -0.4 is 14.2 Å². The second-order valence-corrected chi connectivity index (χ2v) is 7.14. The van der Waals surface area contributed by atoms with Crippen molar-refractivity contribution in [3.05, 3.63) is 58.6 Å². The smallest absolute Gasteiger partial charge is 0.331 e. The topological polar surface area (TPSA) is 74.3 Å². The number of likely N-dealkylation sites (N-methyl/N-ethyl adjacent to an activating group) is 1. The number of ether oxygens (including phenoxy) is 4. The molecule has 0 unspecified atom stereocenters. The molecule has 0 aliphatic heterocycles. The van der Waals surface area contributed by atoms with Crippen LogP contribution in [0.25, 0.3) is 6.08 Å². The normalized spacial score (nSPS) is 10.7. The maximum Gasteiger partial charge on any atom is 0.331 e. The van der Waals surface area contributed by atoms with Crippen LogP contribution in [0.5, 0.6) is 17.2 Å². The van der Waals surface area contributed by atoms with Gasteiger partial charge in [-0.2, -0.15) is 0 Å². The lowest BCUT2D eigenvalue weighted by atomic mass is 10.2. The third-order valence-corrected chi connectivity index (χ3v) is 4.65. The number of benzene rings is 2. The monoisotopic (exact) mass is 461 g/mol. The molecule has 0 bridgehead atoms. The zero-order valence-corrected chi connectivity index (χ0v) is 19.5. The van der Waals surface area contributed by atoms with Gasteiger partial charge in [-0.1, -0.05) is 23.7 Å². The first-order chi connectivity index (χ1) is 15.4. The number of nitrogens with zero attached hydrogens (tertiary/aromatic N) is 1. The largest absolute Gasteiger partial charge is 0.494 e. The second kappa shape index (κ2) is 12.6. The summed E-state index contributed by atoms with van der Waals surface area (Å²) in [7, 11) is 3.15. The van der Waals surface area contributed by atoms with E-state index in [0.29, 0.717) is 41.8 Å². The molecule has 0 heterocycles. The summed E-state index contributed by atoms with van der Waals surface area (Å²) < 4.78 is 21.2. The average Bonchev–Trinajstić information content (AvgIpc) is 2.77. The van der Waals surface area contributed by atoms with Crippen molar-refractivity contribution in [2.75, 3.05) is 34.0 Å². The molecule has 0 aliphatic rings. The van der Waals surface area contributed by atoms with Crippen molar-refractivity contribution in [3.8, 4) is 17.2 Å². The molecule has 0 N–H and O–H groups in total. The van der Waals surface area contributed by atoms with Crippen LogP contribution in [-0.4, -0.2) is 50.8 Å². The van der Waals surface area contributed by atoms with Gasteiger partial charge in [0.1, 0.15) is 5.75 Å². The molecule has 0 fully saturated rings. The van der Waals surface area contributed by atoms with Gasteiger partial charge in [-0.05, 0) is 55.3 Å². The summed E-state index contributed by atoms with van der Waals surface area (Å²) >= 11 is 6.20. The average molecular weight is 462 g/mol. The number of hydrogen-bond donors (Lipinski definition) is 0. The summed E-state index contributed by atoms with van der Waals surface area (Å²) in [6.07, 6.45) is 2.76. The van der Waals surface area contributed by atoms with Gasteiger partial charge in [0.2, 0.25) is 0 Å². The molecule has 0 saturated heterocycles. The van der Waals surface area contributed by atoms with Crippen LogP contribution in [0, 0.1) is 0 Å². The Kier molecular flexibility index (Phi) is 9.88. The predicted molar refractivity (Wildman–Crippen MR) is 123 cm³/mol. The van der Waals surface area contributed by atoms with Crippen LogP contribution in [0.4, 0.5) is 0 Å². The molecule has 0 aliphatic carbocycles. The van der Waals surface area contributed by atoms with E-state index in [1.807, 2.05) is 38.1 Å². The highest BCUT2D eigenvalue weighted by molar-refractivity contribution is 6.32. The zero-order chi connectivity index (χ0) is 23.5. The first kappa shape index (κ1) is 25.1. The Morgan fingerprint density at radius 1 is 1.06 bits per heavy atom. The van der Waals surface area contributed by atoms with Crippen molar-refractivity contribution in [1.29, 1.82) is 0 Å². The number of rotatable bonds is 11. The van der Waals surface area contributed by atoms with Gasteiger partial charge >= 0.3 is 5.97 Å². The molecule has 32 heavy (non-hydrogen) atoms. The SMILES string of the molecule is CCOc1ccc(CN(C)C(=O)COC(=O)/C=C/c2cc(Cl)c(OC)c(OCC)c2)cc1. The predicted octanol–water partition coefficient (Wildman–Crippen LogP) is 4.36. The molecule has 0 atom stereocenters. The number of hydrogen-bond acceptors (Lipinski definition) is 6. The lowest BCUT2D eigenvalue weighted by Crippen LogP contribution is -2.30. The Hall–Kier alpha value is -3.19. The van der Waals surface area contributed by atoms with E-state index < -0.39 is 5.97 Å². The minimum absolute atomic E-state index is 0.313. The fraction of sp³-hybridized carbons (Fsp3) is 0.333. The molecule has 7 nitrogen and oxygen atoms in total. The van der Waals surface area contributed by atoms with Gasteiger partial charge in [0.15, 0.2) is 18.1 Å². The Bertz CT molecular complexity index is 942. The van der Waals surface area contributed by atoms with E-state index in [-0.39, 0.29) is 12.5 Å². The van der Waals surface area contributed by atoms with Gasteiger partial charge < -0.3 is 23.8 Å². The van der Waals surface area contributed by atoms with E-state index in [1.54, 1.807) is 19.2 Å². The van der Waals surface area contributed by atoms with Crippen molar-refractivity contribution in [2.24, 2.45) is 0 Å². The summed E-state index contributed by atoms with van der Waals surface area (Å²) in [5, 5.41) is 0.359. The Morgan fingerprint density at radius 2 is 1.75 bits per heavy atom.